The van der Waals surface area contributed by atoms with Gasteiger partial charge in [0.25, 0.3) is 0.0813 Å². The van der Waals surface area contributed by atoms with Gasteiger partial charge in [0.05, 0.1) is 0 Å². The summed E-state index contributed by atoms with van der Waals surface area (Å²) >= 11 is 17.3. The molecule has 0 saturated heterocycles. The monoisotopic (exact) mass is 959 g/mol. The molecule has 0 aliphatic heterocycles. The number of hydrogen-bond acceptors (Lipinski definition) is 0. The molecule has 0 unspecified atom stereocenters. The van der Waals surface area contributed by atoms with Crippen LogP contribution in [-0.4, -0.2) is 7.27 Å². The maximum Gasteiger partial charge on any atom is 0.262 e. The zero-order valence-corrected chi connectivity index (χ0v) is 26.7. The van der Waals surface area contributed by atoms with Crippen LogP contribution in [-0.2, 0) is 0 Å². The molecule has 0 saturated carbocycles. The first-order valence-electron chi connectivity index (χ1n) is 5.13. The second kappa shape index (κ2) is 6.88. The van der Waals surface area contributed by atoms with Crippen LogP contribution in [0.2, 0.25) is 10.1 Å². The van der Waals surface area contributed by atoms with Crippen LogP contribution >= 0.6 is 131 Å². The van der Waals surface area contributed by atoms with Crippen molar-refractivity contribution in [2.24, 2.45) is 0 Å². The van der Waals surface area contributed by atoms with Crippen molar-refractivity contribution in [1.82, 2.24) is 0 Å². The summed E-state index contributed by atoms with van der Waals surface area (Å²) in [5.41, 5.74) is 0. The van der Waals surface area contributed by atoms with Gasteiger partial charge in [-0.2, -0.15) is 0 Å². The molecular weight excluding hydrogens is 942 g/mol. The van der Waals surface area contributed by atoms with Crippen LogP contribution < -0.4 is 0 Å². The van der Waals surface area contributed by atoms with Crippen LogP contribution in [0.4, 0.5) is 0 Å². The van der Waals surface area contributed by atoms with Gasteiger partial charge in [0.2, 0.25) is 2.10 Å². The van der Waals surface area contributed by atoms with Crippen molar-refractivity contribution in [3.8, 4) is 0 Å². The van der Waals surface area contributed by atoms with Crippen molar-refractivity contribution in [3.63, 3.8) is 0 Å². The fourth-order valence-corrected chi connectivity index (χ4v) is 138. The van der Waals surface area contributed by atoms with E-state index in [4.69, 9.17) is 0 Å². The highest BCUT2D eigenvalue weighted by atomic mass is 127. The average molecular weight is 960 g/mol. The quantitative estimate of drug-likeness (QED) is 0.152. The van der Waals surface area contributed by atoms with Crippen LogP contribution in [0.15, 0.2) is 0 Å². The number of rotatable bonds is 2. The first kappa shape index (κ1) is 22.0. The minimum atomic E-state index is -1.39. The van der Waals surface area contributed by atoms with Gasteiger partial charge in [-0.1, -0.05) is 107 Å². The predicted octanol–water partition coefficient (Wildman–Crippen LogP) is 7.68. The van der Waals surface area contributed by atoms with E-state index in [1.54, 1.807) is 0 Å². The molecule has 0 amide bonds. The van der Waals surface area contributed by atoms with Crippen molar-refractivity contribution in [2.45, 2.75) is 51.6 Å². The van der Waals surface area contributed by atoms with Crippen LogP contribution in [0.3, 0.4) is 0 Å². The van der Waals surface area contributed by atoms with Gasteiger partial charge in [-0.3, -0.25) is 0 Å². The van der Waals surface area contributed by atoms with Crippen molar-refractivity contribution in [1.29, 1.82) is 0 Å². The van der Waals surface area contributed by atoms with E-state index in [-0.39, 0.29) is 0 Å². The van der Waals surface area contributed by atoms with Crippen LogP contribution in [0.5, 0.6) is 0 Å². The maximum absolute atomic E-state index is 2.96. The Morgan fingerprint density at radius 2 is 0.824 bits per heavy atom. The summed E-state index contributed by atoms with van der Waals surface area (Å²) in [6, 6.07) is 0. The topological polar surface area (TPSA) is 0 Å². The molecule has 0 N–H and O–H groups in total. The van der Waals surface area contributed by atoms with Crippen molar-refractivity contribution < 1.29 is 0 Å². The third kappa shape index (κ3) is 4.52. The molecule has 0 aromatic heterocycles. The lowest BCUT2D eigenvalue weighted by Crippen LogP contribution is -2.69. The Morgan fingerprint density at radius 3 is 0.882 bits per heavy atom. The van der Waals surface area contributed by atoms with Gasteiger partial charge in [-0.25, -0.2) is 0 Å². The second-order valence-corrected chi connectivity index (χ2v) is 102. The van der Waals surface area contributed by atoms with Crippen molar-refractivity contribution >= 4 is 138 Å². The van der Waals surface area contributed by atoms with Crippen molar-refractivity contribution in [3.05, 3.63) is 0 Å². The summed E-state index contributed by atoms with van der Waals surface area (Å²) in [6.45, 7) is 14.9. The maximum atomic E-state index is 2.96. The molecule has 0 fully saturated rings. The molecule has 0 nitrogen and oxygen atoms in total. The first-order valence-corrected chi connectivity index (χ1v) is 31.8. The standard InChI is InChI=1S/C8H18I6Si3/c1-7(2,3)15(9,8(4,5)6)17(13,14)16(10,11)12/h1-6H3. The van der Waals surface area contributed by atoms with Gasteiger partial charge < -0.3 is 0 Å². The fourth-order valence-electron chi connectivity index (χ4n) is 2.26. The lowest BCUT2D eigenvalue weighted by Gasteiger charge is -2.55. The number of halogens is 6. The molecule has 0 bridgehead atoms. The normalized spacial score (nSPS) is 16.2. The highest BCUT2D eigenvalue weighted by Gasteiger charge is 2.71. The Kier molecular flexibility index (Phi) is 8.91. The fraction of sp³-hybridized carbons (Fsp3) is 1.00. The third-order valence-corrected chi connectivity index (χ3v) is 185. The summed E-state index contributed by atoms with van der Waals surface area (Å²) in [5.74, 6) is 0. The van der Waals surface area contributed by atoms with E-state index in [0.717, 1.165) is 0 Å². The van der Waals surface area contributed by atoms with Crippen molar-refractivity contribution in [2.75, 3.05) is 0 Å². The number of hydrogen-bond donors (Lipinski definition) is 0. The molecule has 0 rings (SSSR count). The van der Waals surface area contributed by atoms with Gasteiger partial charge in [0.15, 0.2) is 5.09 Å². The first-order chi connectivity index (χ1) is 7.00. The molecule has 0 heterocycles. The van der Waals surface area contributed by atoms with Gasteiger partial charge >= 0.3 is 0 Å². The van der Waals surface area contributed by atoms with E-state index in [2.05, 4.69) is 172 Å². The molecule has 9 heteroatoms. The van der Waals surface area contributed by atoms with E-state index >= 15 is 0 Å². The zero-order chi connectivity index (χ0) is 14.5. The second-order valence-electron chi connectivity index (χ2n) is 6.23. The molecule has 0 aromatic rings. The van der Waals surface area contributed by atoms with Gasteiger partial charge in [-0.05, 0) is 10.1 Å². The lowest BCUT2D eigenvalue weighted by atomic mass is 10.2. The highest BCUT2D eigenvalue weighted by molar-refractivity contribution is 14.4. The molecule has 0 spiro atoms. The van der Waals surface area contributed by atoms with Crippen LogP contribution in [0.25, 0.3) is 0 Å². The third-order valence-electron chi connectivity index (χ3n) is 2.86. The minimum Gasteiger partial charge on any atom is -0.119 e. The summed E-state index contributed by atoms with van der Waals surface area (Å²) in [5, 5.41) is -0.449. The highest BCUT2D eigenvalue weighted by Crippen LogP contribution is 2.67. The predicted molar refractivity (Wildman–Crippen MR) is 141 cm³/mol. The minimum absolute atomic E-state index is 0.472. The Bertz CT molecular complexity index is 271. The Labute approximate surface area is 185 Å². The molecule has 0 radical (unpaired) electrons. The summed E-state index contributed by atoms with van der Waals surface area (Å²) < 4.78 is -2.43. The van der Waals surface area contributed by atoms with Crippen LogP contribution in [0.1, 0.15) is 41.5 Å². The summed E-state index contributed by atoms with van der Waals surface area (Å²) in [6.07, 6.45) is 0. The summed E-state index contributed by atoms with van der Waals surface area (Å²) in [4.78, 5) is 0. The Hall–Kier alpha value is 5.03. The lowest BCUT2D eigenvalue weighted by molar-refractivity contribution is 0.656. The molecule has 0 aliphatic carbocycles. The van der Waals surface area contributed by atoms with E-state index in [1.807, 2.05) is 0 Å². The van der Waals surface area contributed by atoms with E-state index in [0.29, 0.717) is 10.1 Å². The van der Waals surface area contributed by atoms with E-state index < -0.39 is 7.27 Å². The Balaban J connectivity index is 6.04. The van der Waals surface area contributed by atoms with Gasteiger partial charge in [-0.15, -0.1) is 65.4 Å². The molecule has 0 aromatic carbocycles. The average Bonchev–Trinajstić information content (AvgIpc) is 1.95. The SMILES string of the molecule is CC(C)(C)[Si](I)(C(C)(C)C)[Si](I)(I)[Si](I)(I)I. The summed E-state index contributed by atoms with van der Waals surface area (Å²) in [7, 11) is 0. The smallest absolute Gasteiger partial charge is 0.119 e. The zero-order valence-electron chi connectivity index (χ0n) is 10.8. The van der Waals surface area contributed by atoms with E-state index in [1.165, 1.54) is 0 Å². The molecular formula is C8H18I6Si3. The largest absolute Gasteiger partial charge is 0.262 e. The van der Waals surface area contributed by atoms with Gasteiger partial charge in [0.1, 0.15) is 0 Å². The van der Waals surface area contributed by atoms with E-state index in [9.17, 15) is 0 Å². The molecule has 104 valence electrons. The molecule has 0 atom stereocenters. The Morgan fingerprint density at radius 1 is 0.588 bits per heavy atom. The van der Waals surface area contributed by atoms with Crippen LogP contribution in [0, 0.1) is 0 Å². The molecule has 17 heavy (non-hydrogen) atoms. The van der Waals surface area contributed by atoms with Gasteiger partial charge in [0, 0.05) is 0 Å². The molecule has 0 aliphatic rings.